The molecule has 0 saturated carbocycles. The van der Waals surface area contributed by atoms with E-state index in [4.69, 9.17) is 16.3 Å². The van der Waals surface area contributed by atoms with Crippen molar-refractivity contribution in [2.24, 2.45) is 5.92 Å². The SMILES string of the molecule is CCOc1ccc(S(=O)(=O)N2CCC(C(=O)Nc3cccc(Cl)c3)CC2)cc1. The summed E-state index contributed by atoms with van der Waals surface area (Å²) in [6.07, 6.45) is 0.950. The van der Waals surface area contributed by atoms with Gasteiger partial charge in [0, 0.05) is 29.7 Å². The first-order valence-electron chi connectivity index (χ1n) is 9.19. The number of anilines is 1. The van der Waals surface area contributed by atoms with Crippen molar-refractivity contribution in [1.29, 1.82) is 0 Å². The summed E-state index contributed by atoms with van der Waals surface area (Å²) in [7, 11) is -3.58. The topological polar surface area (TPSA) is 75.7 Å². The molecule has 1 saturated heterocycles. The minimum Gasteiger partial charge on any atom is -0.494 e. The number of amides is 1. The second-order valence-corrected chi connectivity index (χ2v) is 8.96. The quantitative estimate of drug-likeness (QED) is 0.768. The number of carbonyl (C=O) groups excluding carboxylic acids is 1. The molecule has 0 aliphatic carbocycles. The summed E-state index contributed by atoms with van der Waals surface area (Å²) in [4.78, 5) is 12.7. The van der Waals surface area contributed by atoms with Crippen LogP contribution in [0.5, 0.6) is 5.75 Å². The summed E-state index contributed by atoms with van der Waals surface area (Å²) in [6.45, 7) is 3.01. The molecular weight excluding hydrogens is 400 g/mol. The molecule has 1 fully saturated rings. The monoisotopic (exact) mass is 422 g/mol. The van der Waals surface area contributed by atoms with E-state index >= 15 is 0 Å². The van der Waals surface area contributed by atoms with E-state index in [2.05, 4.69) is 5.32 Å². The Bertz CT molecular complexity index is 923. The van der Waals surface area contributed by atoms with Crippen molar-refractivity contribution in [3.05, 3.63) is 53.6 Å². The number of sulfonamides is 1. The number of carbonyl (C=O) groups is 1. The van der Waals surface area contributed by atoms with Crippen LogP contribution in [-0.4, -0.2) is 38.3 Å². The molecular formula is C20H23ClN2O4S. The van der Waals surface area contributed by atoms with E-state index in [-0.39, 0.29) is 16.7 Å². The molecule has 0 aromatic heterocycles. The third-order valence-electron chi connectivity index (χ3n) is 4.69. The zero-order chi connectivity index (χ0) is 20.1. The van der Waals surface area contributed by atoms with Crippen molar-refractivity contribution in [1.82, 2.24) is 4.31 Å². The highest BCUT2D eigenvalue weighted by Crippen LogP contribution is 2.26. The average molecular weight is 423 g/mol. The lowest BCUT2D eigenvalue weighted by atomic mass is 9.97. The Morgan fingerprint density at radius 1 is 1.18 bits per heavy atom. The molecule has 1 N–H and O–H groups in total. The van der Waals surface area contributed by atoms with Gasteiger partial charge in [-0.05, 0) is 62.2 Å². The Morgan fingerprint density at radius 2 is 1.86 bits per heavy atom. The summed E-state index contributed by atoms with van der Waals surface area (Å²) in [5.74, 6) is 0.295. The molecule has 2 aromatic carbocycles. The summed E-state index contributed by atoms with van der Waals surface area (Å²) in [6, 6.07) is 13.4. The van der Waals surface area contributed by atoms with E-state index < -0.39 is 10.0 Å². The van der Waals surface area contributed by atoms with Crippen molar-refractivity contribution in [3.63, 3.8) is 0 Å². The lowest BCUT2D eigenvalue weighted by Crippen LogP contribution is -2.41. The van der Waals surface area contributed by atoms with Crippen LogP contribution in [0.4, 0.5) is 5.69 Å². The van der Waals surface area contributed by atoms with Gasteiger partial charge in [-0.2, -0.15) is 4.31 Å². The van der Waals surface area contributed by atoms with Crippen LogP contribution in [-0.2, 0) is 14.8 Å². The Hall–Kier alpha value is -2.09. The second kappa shape index (κ2) is 8.94. The zero-order valence-corrected chi connectivity index (χ0v) is 17.2. The highest BCUT2D eigenvalue weighted by Gasteiger charge is 2.32. The number of hydrogen-bond donors (Lipinski definition) is 1. The van der Waals surface area contributed by atoms with E-state index in [1.165, 1.54) is 4.31 Å². The van der Waals surface area contributed by atoms with Crippen molar-refractivity contribution in [2.75, 3.05) is 25.0 Å². The maximum Gasteiger partial charge on any atom is 0.243 e. The number of rotatable bonds is 6. The fraction of sp³-hybridized carbons (Fsp3) is 0.350. The van der Waals surface area contributed by atoms with Gasteiger partial charge in [-0.1, -0.05) is 17.7 Å². The van der Waals surface area contributed by atoms with E-state index in [1.54, 1.807) is 48.5 Å². The van der Waals surface area contributed by atoms with Crippen LogP contribution in [0.15, 0.2) is 53.4 Å². The molecule has 0 unspecified atom stereocenters. The lowest BCUT2D eigenvalue weighted by molar-refractivity contribution is -0.120. The number of halogens is 1. The Morgan fingerprint density at radius 3 is 2.46 bits per heavy atom. The molecule has 0 bridgehead atoms. The van der Waals surface area contributed by atoms with Gasteiger partial charge in [0.25, 0.3) is 0 Å². The lowest BCUT2D eigenvalue weighted by Gasteiger charge is -2.30. The third kappa shape index (κ3) is 4.84. The van der Waals surface area contributed by atoms with Gasteiger partial charge in [-0.25, -0.2) is 8.42 Å². The number of ether oxygens (including phenoxy) is 1. The van der Waals surface area contributed by atoms with Crippen molar-refractivity contribution >= 4 is 33.2 Å². The zero-order valence-electron chi connectivity index (χ0n) is 15.6. The largest absolute Gasteiger partial charge is 0.494 e. The first-order chi connectivity index (χ1) is 13.4. The maximum atomic E-state index is 12.8. The molecule has 1 aliphatic heterocycles. The number of nitrogens with zero attached hydrogens (tertiary/aromatic N) is 1. The highest BCUT2D eigenvalue weighted by atomic mass is 35.5. The fourth-order valence-corrected chi connectivity index (χ4v) is 4.85. The van der Waals surface area contributed by atoms with Crippen LogP contribution in [0.2, 0.25) is 5.02 Å². The molecule has 0 spiro atoms. The van der Waals surface area contributed by atoms with Gasteiger partial charge >= 0.3 is 0 Å². The smallest absolute Gasteiger partial charge is 0.243 e. The van der Waals surface area contributed by atoms with E-state index in [9.17, 15) is 13.2 Å². The number of piperidine rings is 1. The summed E-state index contributed by atoms with van der Waals surface area (Å²) in [5.41, 5.74) is 0.641. The van der Waals surface area contributed by atoms with Gasteiger partial charge in [0.15, 0.2) is 0 Å². The molecule has 28 heavy (non-hydrogen) atoms. The predicted molar refractivity (Wildman–Crippen MR) is 109 cm³/mol. The van der Waals surface area contributed by atoms with Crippen LogP contribution < -0.4 is 10.1 Å². The summed E-state index contributed by atoms with van der Waals surface area (Å²) in [5, 5.41) is 3.40. The first-order valence-corrected chi connectivity index (χ1v) is 11.0. The van der Waals surface area contributed by atoms with Crippen molar-refractivity contribution in [2.45, 2.75) is 24.7 Å². The van der Waals surface area contributed by atoms with Crippen LogP contribution in [0.3, 0.4) is 0 Å². The van der Waals surface area contributed by atoms with Crippen LogP contribution >= 0.6 is 11.6 Å². The molecule has 0 atom stereocenters. The predicted octanol–water partition coefficient (Wildman–Crippen LogP) is 3.78. The Kier molecular flexibility index (Phi) is 6.59. The van der Waals surface area contributed by atoms with Crippen LogP contribution in [0, 0.1) is 5.92 Å². The molecule has 3 rings (SSSR count). The molecule has 6 nitrogen and oxygen atoms in total. The van der Waals surface area contributed by atoms with Gasteiger partial charge in [-0.15, -0.1) is 0 Å². The third-order valence-corrected chi connectivity index (χ3v) is 6.84. The van der Waals surface area contributed by atoms with Crippen molar-refractivity contribution < 1.29 is 17.9 Å². The Balaban J connectivity index is 1.60. The van der Waals surface area contributed by atoms with Gasteiger partial charge in [-0.3, -0.25) is 4.79 Å². The standard InChI is InChI=1S/C20H23ClN2O4S/c1-2-27-18-6-8-19(9-7-18)28(25,26)23-12-10-15(11-13-23)20(24)22-17-5-3-4-16(21)14-17/h3-9,14-15H,2,10-13H2,1H3,(H,22,24). The molecule has 2 aromatic rings. The van der Waals surface area contributed by atoms with Gasteiger partial charge in [0.05, 0.1) is 11.5 Å². The van der Waals surface area contributed by atoms with E-state index in [0.717, 1.165) is 0 Å². The minimum absolute atomic E-state index is 0.111. The molecule has 0 radical (unpaired) electrons. The van der Waals surface area contributed by atoms with Crippen LogP contribution in [0.25, 0.3) is 0 Å². The maximum absolute atomic E-state index is 12.8. The summed E-state index contributed by atoms with van der Waals surface area (Å²) < 4.78 is 32.5. The molecule has 1 heterocycles. The molecule has 1 aliphatic rings. The molecule has 150 valence electrons. The van der Waals surface area contributed by atoms with Crippen LogP contribution in [0.1, 0.15) is 19.8 Å². The number of nitrogens with one attached hydrogen (secondary N) is 1. The van der Waals surface area contributed by atoms with Crippen molar-refractivity contribution in [3.8, 4) is 5.75 Å². The molecule has 8 heteroatoms. The average Bonchev–Trinajstić information content (AvgIpc) is 2.69. The minimum atomic E-state index is -3.58. The van der Waals surface area contributed by atoms with E-state index in [1.807, 2.05) is 6.92 Å². The normalized spacial score (nSPS) is 15.9. The fourth-order valence-electron chi connectivity index (χ4n) is 3.19. The Labute approximate surface area is 170 Å². The van der Waals surface area contributed by atoms with Gasteiger partial charge in [0.2, 0.25) is 15.9 Å². The molecule has 1 amide bonds. The number of benzene rings is 2. The summed E-state index contributed by atoms with van der Waals surface area (Å²) >= 11 is 5.94. The highest BCUT2D eigenvalue weighted by molar-refractivity contribution is 7.89. The second-order valence-electron chi connectivity index (χ2n) is 6.58. The number of hydrogen-bond acceptors (Lipinski definition) is 4. The van der Waals surface area contributed by atoms with Gasteiger partial charge in [0.1, 0.15) is 5.75 Å². The van der Waals surface area contributed by atoms with E-state index in [0.29, 0.717) is 49.0 Å². The van der Waals surface area contributed by atoms with Gasteiger partial charge < -0.3 is 10.1 Å². The first kappa shape index (κ1) is 20.6.